The summed E-state index contributed by atoms with van der Waals surface area (Å²) in [5, 5.41) is 0. The molecule has 1 rings (SSSR count). The first-order valence-corrected chi connectivity index (χ1v) is 5.99. The average Bonchev–Trinajstić information content (AvgIpc) is 2.35. The zero-order valence-corrected chi connectivity index (χ0v) is 11.6. The third kappa shape index (κ3) is 4.27. The van der Waals surface area contributed by atoms with Crippen molar-refractivity contribution in [3.05, 3.63) is 35.4 Å². The van der Waals surface area contributed by atoms with Gasteiger partial charge in [-0.05, 0) is 32.9 Å². The Labute approximate surface area is 118 Å². The Kier molecular flexibility index (Phi) is 4.76. The van der Waals surface area contributed by atoms with Crippen LogP contribution in [0.1, 0.15) is 41.5 Å². The van der Waals surface area contributed by atoms with Gasteiger partial charge in [0.2, 0.25) is 5.78 Å². The number of halogens is 4. The van der Waals surface area contributed by atoms with E-state index in [4.69, 9.17) is 4.74 Å². The molecule has 21 heavy (non-hydrogen) atoms. The largest absolute Gasteiger partial charge is 0.456 e. The molecule has 1 aromatic carbocycles. The minimum absolute atomic E-state index is 0.0295. The molecule has 0 spiro atoms. The Morgan fingerprint density at radius 3 is 1.81 bits per heavy atom. The number of alkyl halides is 4. The van der Waals surface area contributed by atoms with Crippen molar-refractivity contribution in [2.45, 2.75) is 38.7 Å². The van der Waals surface area contributed by atoms with E-state index in [-0.39, 0.29) is 5.56 Å². The highest BCUT2D eigenvalue weighted by Gasteiger charge is 2.48. The molecule has 0 unspecified atom stereocenters. The first-order chi connectivity index (χ1) is 9.45. The maximum atomic E-state index is 12.9. The van der Waals surface area contributed by atoms with E-state index >= 15 is 0 Å². The van der Waals surface area contributed by atoms with Crippen molar-refractivity contribution in [1.82, 2.24) is 0 Å². The molecule has 0 heterocycles. The molecule has 0 radical (unpaired) electrons. The first kappa shape index (κ1) is 17.1. The number of carbonyl (C=O) groups excluding carboxylic acids is 2. The molecule has 0 fully saturated rings. The molecule has 7 heteroatoms. The normalized spacial score (nSPS) is 12.4. The van der Waals surface area contributed by atoms with Crippen LogP contribution in [0.4, 0.5) is 17.6 Å². The lowest BCUT2D eigenvalue weighted by Crippen LogP contribution is -2.36. The Hall–Kier alpha value is -1.92. The zero-order valence-electron chi connectivity index (χ0n) is 11.6. The molecular formula is C14H14F4O3. The van der Waals surface area contributed by atoms with Gasteiger partial charge in [-0.1, -0.05) is 12.1 Å². The molecule has 0 aliphatic heterocycles. The van der Waals surface area contributed by atoms with Gasteiger partial charge in [-0.15, -0.1) is 0 Å². The van der Waals surface area contributed by atoms with Gasteiger partial charge in [0.1, 0.15) is 5.60 Å². The summed E-state index contributed by atoms with van der Waals surface area (Å²) in [6.07, 6.45) is -4.09. The molecule has 0 bridgehead atoms. The molecule has 1 aromatic rings. The molecule has 0 N–H and O–H groups in total. The van der Waals surface area contributed by atoms with Crippen molar-refractivity contribution in [3.63, 3.8) is 0 Å². The van der Waals surface area contributed by atoms with Gasteiger partial charge in [-0.3, -0.25) is 4.79 Å². The summed E-state index contributed by atoms with van der Waals surface area (Å²) in [7, 11) is 0. The fraction of sp³-hybridized carbons (Fsp3) is 0.429. The van der Waals surface area contributed by atoms with Gasteiger partial charge in [0.15, 0.2) is 0 Å². The molecular weight excluding hydrogens is 292 g/mol. The Morgan fingerprint density at radius 2 is 1.43 bits per heavy atom. The smallest absolute Gasteiger partial charge is 0.368 e. The lowest BCUT2D eigenvalue weighted by atomic mass is 10.0. The first-order valence-electron chi connectivity index (χ1n) is 5.99. The Morgan fingerprint density at radius 1 is 1.00 bits per heavy atom. The second kappa shape index (κ2) is 5.83. The van der Waals surface area contributed by atoms with E-state index in [0.717, 1.165) is 24.3 Å². The molecule has 116 valence electrons. The van der Waals surface area contributed by atoms with Crippen LogP contribution in [-0.2, 0) is 4.74 Å². The van der Waals surface area contributed by atoms with Crippen molar-refractivity contribution in [3.8, 4) is 0 Å². The van der Waals surface area contributed by atoms with E-state index in [0.29, 0.717) is 0 Å². The van der Waals surface area contributed by atoms with Crippen molar-refractivity contribution < 1.29 is 31.9 Å². The van der Waals surface area contributed by atoms with Gasteiger partial charge in [0.25, 0.3) is 0 Å². The van der Waals surface area contributed by atoms with E-state index in [1.165, 1.54) is 0 Å². The molecule has 0 saturated heterocycles. The second-order valence-electron chi connectivity index (χ2n) is 5.33. The van der Waals surface area contributed by atoms with Crippen LogP contribution in [0.25, 0.3) is 0 Å². The highest BCUT2D eigenvalue weighted by Crippen LogP contribution is 2.27. The quantitative estimate of drug-likeness (QED) is 0.484. The second-order valence-corrected chi connectivity index (χ2v) is 5.33. The van der Waals surface area contributed by atoms with Crippen molar-refractivity contribution in [2.75, 3.05) is 0 Å². The number of Topliss-reactive ketones (excluding diaryl/α,β-unsaturated/α-hetero) is 1. The summed E-state index contributed by atoms with van der Waals surface area (Å²) in [4.78, 5) is 22.9. The molecule has 0 atom stereocenters. The number of hydrogen-bond acceptors (Lipinski definition) is 3. The van der Waals surface area contributed by atoms with Gasteiger partial charge in [0, 0.05) is 5.56 Å². The number of carbonyl (C=O) groups is 2. The number of ketones is 1. The fourth-order valence-electron chi connectivity index (χ4n) is 1.39. The number of hydrogen-bond donors (Lipinski definition) is 0. The van der Waals surface area contributed by atoms with Gasteiger partial charge in [-0.25, -0.2) is 13.6 Å². The summed E-state index contributed by atoms with van der Waals surface area (Å²) >= 11 is 0. The van der Waals surface area contributed by atoms with Crippen LogP contribution in [0.3, 0.4) is 0 Å². The van der Waals surface area contributed by atoms with Gasteiger partial charge in [0.05, 0.1) is 5.56 Å². The number of rotatable bonds is 4. The summed E-state index contributed by atoms with van der Waals surface area (Å²) in [6, 6.07) is 3.92. The predicted molar refractivity (Wildman–Crippen MR) is 66.9 cm³/mol. The van der Waals surface area contributed by atoms with Crippen LogP contribution in [0.5, 0.6) is 0 Å². The van der Waals surface area contributed by atoms with Crippen LogP contribution in [0, 0.1) is 0 Å². The molecule has 3 nitrogen and oxygen atoms in total. The van der Waals surface area contributed by atoms with Crippen molar-refractivity contribution in [1.29, 1.82) is 0 Å². The van der Waals surface area contributed by atoms with Crippen LogP contribution in [-0.4, -0.2) is 29.7 Å². The van der Waals surface area contributed by atoms with Gasteiger partial charge >= 0.3 is 18.3 Å². The summed E-state index contributed by atoms with van der Waals surface area (Å²) in [5.74, 6) is -7.46. The van der Waals surface area contributed by atoms with Crippen molar-refractivity contribution >= 4 is 11.8 Å². The molecule has 0 aromatic heterocycles. The number of benzene rings is 1. The van der Waals surface area contributed by atoms with E-state index in [2.05, 4.69) is 0 Å². The molecule has 0 saturated carbocycles. The molecule has 0 amide bonds. The minimum Gasteiger partial charge on any atom is -0.456 e. The van der Waals surface area contributed by atoms with E-state index in [1.807, 2.05) is 0 Å². The fourth-order valence-corrected chi connectivity index (χ4v) is 1.39. The number of ether oxygens (including phenoxy) is 1. The van der Waals surface area contributed by atoms with Crippen LogP contribution < -0.4 is 0 Å². The van der Waals surface area contributed by atoms with E-state index in [9.17, 15) is 27.2 Å². The predicted octanol–water partition coefficient (Wildman–Crippen LogP) is 3.73. The van der Waals surface area contributed by atoms with Crippen LogP contribution in [0.15, 0.2) is 24.3 Å². The average molecular weight is 306 g/mol. The van der Waals surface area contributed by atoms with E-state index < -0.39 is 35.3 Å². The van der Waals surface area contributed by atoms with Crippen LogP contribution in [0.2, 0.25) is 0 Å². The third-order valence-electron chi connectivity index (χ3n) is 2.36. The maximum Gasteiger partial charge on any atom is 0.368 e. The molecule has 0 aliphatic rings. The third-order valence-corrected chi connectivity index (χ3v) is 2.36. The highest BCUT2D eigenvalue weighted by molar-refractivity contribution is 6.02. The summed E-state index contributed by atoms with van der Waals surface area (Å²) in [6.45, 7) is 4.93. The van der Waals surface area contributed by atoms with Crippen LogP contribution >= 0.6 is 0 Å². The zero-order chi connectivity index (χ0) is 16.4. The molecule has 0 aliphatic carbocycles. The number of esters is 1. The standard InChI is InChI=1S/C14H14F4O3/c1-13(2,3)21-11(20)9-6-4-8(5-7-9)10(19)14(17,18)12(15)16/h4-7,12H,1-3H3. The summed E-state index contributed by atoms with van der Waals surface area (Å²) < 4.78 is 55.1. The lowest BCUT2D eigenvalue weighted by Gasteiger charge is -2.19. The summed E-state index contributed by atoms with van der Waals surface area (Å²) in [5.41, 5.74) is -1.32. The van der Waals surface area contributed by atoms with Gasteiger partial charge in [-0.2, -0.15) is 8.78 Å². The Bertz CT molecular complexity index is 530. The monoisotopic (exact) mass is 306 g/mol. The van der Waals surface area contributed by atoms with Gasteiger partial charge < -0.3 is 4.74 Å². The minimum atomic E-state index is -4.76. The Balaban J connectivity index is 2.93. The highest BCUT2D eigenvalue weighted by atomic mass is 19.3. The van der Waals surface area contributed by atoms with Crippen molar-refractivity contribution in [2.24, 2.45) is 0 Å². The maximum absolute atomic E-state index is 12.9. The lowest BCUT2D eigenvalue weighted by molar-refractivity contribution is -0.0958. The SMILES string of the molecule is CC(C)(C)OC(=O)c1ccc(C(=O)C(F)(F)C(F)F)cc1. The topological polar surface area (TPSA) is 43.4 Å². The van der Waals surface area contributed by atoms with E-state index in [1.54, 1.807) is 20.8 Å².